The van der Waals surface area contributed by atoms with Crippen LogP contribution in [0.25, 0.3) is 16.3 Å². The molecular formula is C20H16N4OS. The Balaban J connectivity index is 1.66. The highest BCUT2D eigenvalue weighted by Crippen LogP contribution is 2.25. The summed E-state index contributed by atoms with van der Waals surface area (Å²) in [6.07, 6.45) is 3.45. The minimum absolute atomic E-state index is 0.173. The minimum atomic E-state index is -0.173. The standard InChI is InChI=1S/C20H16N4OS/c25-20(22-14-15-6-4-10-21-13-15)18-12-17(19-9-5-11-26-19)23-24(18)16-7-2-1-3-8-16/h1-13H,14H2,(H,22,25). The van der Waals surface area contributed by atoms with Gasteiger partial charge >= 0.3 is 0 Å². The number of pyridine rings is 1. The van der Waals surface area contributed by atoms with Crippen LogP contribution in [0.5, 0.6) is 0 Å². The monoisotopic (exact) mass is 360 g/mol. The van der Waals surface area contributed by atoms with Gasteiger partial charge in [0.2, 0.25) is 0 Å². The Bertz CT molecular complexity index is 995. The molecule has 26 heavy (non-hydrogen) atoms. The average Bonchev–Trinajstić information content (AvgIpc) is 3.37. The van der Waals surface area contributed by atoms with Gasteiger partial charge in [-0.05, 0) is 41.3 Å². The molecule has 4 rings (SSSR count). The van der Waals surface area contributed by atoms with E-state index in [0.717, 1.165) is 21.8 Å². The number of hydrogen-bond acceptors (Lipinski definition) is 4. The molecule has 128 valence electrons. The Morgan fingerprint density at radius 1 is 1.08 bits per heavy atom. The molecule has 0 spiro atoms. The van der Waals surface area contributed by atoms with Crippen molar-refractivity contribution in [2.24, 2.45) is 0 Å². The molecule has 1 amide bonds. The molecule has 0 unspecified atom stereocenters. The van der Waals surface area contributed by atoms with E-state index < -0.39 is 0 Å². The smallest absolute Gasteiger partial charge is 0.270 e. The third-order valence-electron chi connectivity index (χ3n) is 3.89. The molecule has 0 aliphatic carbocycles. The molecule has 0 fully saturated rings. The lowest BCUT2D eigenvalue weighted by molar-refractivity contribution is 0.0943. The van der Waals surface area contributed by atoms with Gasteiger partial charge in [-0.15, -0.1) is 11.3 Å². The van der Waals surface area contributed by atoms with Crippen molar-refractivity contribution in [3.8, 4) is 16.3 Å². The molecular weight excluding hydrogens is 344 g/mol. The number of hydrogen-bond donors (Lipinski definition) is 1. The van der Waals surface area contributed by atoms with E-state index in [1.54, 1.807) is 28.4 Å². The number of nitrogens with one attached hydrogen (secondary N) is 1. The van der Waals surface area contributed by atoms with Gasteiger partial charge in [-0.2, -0.15) is 5.10 Å². The summed E-state index contributed by atoms with van der Waals surface area (Å²) in [6, 6.07) is 19.3. The summed E-state index contributed by atoms with van der Waals surface area (Å²) < 4.78 is 1.69. The summed E-state index contributed by atoms with van der Waals surface area (Å²) >= 11 is 1.60. The number of rotatable bonds is 5. The van der Waals surface area contributed by atoms with Gasteiger partial charge in [0.15, 0.2) is 0 Å². The third-order valence-corrected chi connectivity index (χ3v) is 4.78. The van der Waals surface area contributed by atoms with E-state index in [2.05, 4.69) is 15.4 Å². The second-order valence-corrected chi connectivity index (χ2v) is 6.63. The van der Waals surface area contributed by atoms with Crippen LogP contribution in [0.1, 0.15) is 16.1 Å². The summed E-state index contributed by atoms with van der Waals surface area (Å²) in [5, 5.41) is 9.60. The van der Waals surface area contributed by atoms with Crippen molar-refractivity contribution in [2.45, 2.75) is 6.54 Å². The fourth-order valence-electron chi connectivity index (χ4n) is 2.63. The van der Waals surface area contributed by atoms with Gasteiger partial charge in [0.1, 0.15) is 11.4 Å². The fourth-order valence-corrected chi connectivity index (χ4v) is 3.31. The van der Waals surface area contributed by atoms with Crippen LogP contribution in [0, 0.1) is 0 Å². The van der Waals surface area contributed by atoms with Gasteiger partial charge in [0.25, 0.3) is 5.91 Å². The van der Waals surface area contributed by atoms with Crippen LogP contribution in [0.3, 0.4) is 0 Å². The second-order valence-electron chi connectivity index (χ2n) is 5.68. The lowest BCUT2D eigenvalue weighted by atomic mass is 10.2. The topological polar surface area (TPSA) is 59.8 Å². The van der Waals surface area contributed by atoms with Crippen LogP contribution >= 0.6 is 11.3 Å². The van der Waals surface area contributed by atoms with Crippen molar-refractivity contribution < 1.29 is 4.79 Å². The number of thiophene rings is 1. The van der Waals surface area contributed by atoms with Crippen molar-refractivity contribution in [2.75, 3.05) is 0 Å². The van der Waals surface area contributed by atoms with Crippen molar-refractivity contribution >= 4 is 17.2 Å². The van der Waals surface area contributed by atoms with Crippen LogP contribution in [0.15, 0.2) is 78.4 Å². The largest absolute Gasteiger partial charge is 0.347 e. The molecule has 3 heterocycles. The second kappa shape index (κ2) is 7.33. The SMILES string of the molecule is O=C(NCc1cccnc1)c1cc(-c2cccs2)nn1-c1ccccc1. The van der Waals surface area contributed by atoms with Gasteiger partial charge in [-0.1, -0.05) is 30.3 Å². The number of amides is 1. The van der Waals surface area contributed by atoms with E-state index in [4.69, 9.17) is 0 Å². The quantitative estimate of drug-likeness (QED) is 0.587. The zero-order valence-electron chi connectivity index (χ0n) is 13.9. The van der Waals surface area contributed by atoms with Crippen LogP contribution in [-0.4, -0.2) is 20.7 Å². The Morgan fingerprint density at radius 2 is 1.96 bits per heavy atom. The van der Waals surface area contributed by atoms with Crippen molar-refractivity contribution in [3.05, 3.63) is 89.7 Å². The minimum Gasteiger partial charge on any atom is -0.347 e. The number of carbonyl (C=O) groups is 1. The predicted octanol–water partition coefficient (Wildman–Crippen LogP) is 3.93. The van der Waals surface area contributed by atoms with Gasteiger partial charge in [0, 0.05) is 18.9 Å². The maximum Gasteiger partial charge on any atom is 0.270 e. The van der Waals surface area contributed by atoms with E-state index in [-0.39, 0.29) is 5.91 Å². The highest BCUT2D eigenvalue weighted by Gasteiger charge is 2.17. The van der Waals surface area contributed by atoms with E-state index in [9.17, 15) is 4.79 Å². The molecule has 0 atom stereocenters. The first-order valence-corrected chi connectivity index (χ1v) is 9.06. The molecule has 0 aliphatic rings. The maximum absolute atomic E-state index is 12.8. The Morgan fingerprint density at radius 3 is 2.69 bits per heavy atom. The first-order valence-electron chi connectivity index (χ1n) is 8.18. The van der Waals surface area contributed by atoms with Gasteiger partial charge < -0.3 is 5.32 Å². The van der Waals surface area contributed by atoms with Gasteiger partial charge in [-0.3, -0.25) is 9.78 Å². The first kappa shape index (κ1) is 16.2. The summed E-state index contributed by atoms with van der Waals surface area (Å²) in [5.74, 6) is -0.173. The first-order chi connectivity index (χ1) is 12.8. The molecule has 0 aliphatic heterocycles. The summed E-state index contributed by atoms with van der Waals surface area (Å²) in [4.78, 5) is 17.9. The third kappa shape index (κ3) is 3.41. The van der Waals surface area contributed by atoms with E-state index in [0.29, 0.717) is 12.2 Å². The normalized spacial score (nSPS) is 10.6. The van der Waals surface area contributed by atoms with Gasteiger partial charge in [-0.25, -0.2) is 4.68 Å². The number of benzene rings is 1. The summed E-state index contributed by atoms with van der Waals surface area (Å²) in [6.45, 7) is 0.418. The Hall–Kier alpha value is -3.25. The van der Waals surface area contributed by atoms with Gasteiger partial charge in [0.05, 0.1) is 10.6 Å². The average molecular weight is 360 g/mol. The highest BCUT2D eigenvalue weighted by molar-refractivity contribution is 7.13. The van der Waals surface area contributed by atoms with E-state index >= 15 is 0 Å². The molecule has 1 N–H and O–H groups in total. The van der Waals surface area contributed by atoms with Crippen molar-refractivity contribution in [3.63, 3.8) is 0 Å². The fraction of sp³-hybridized carbons (Fsp3) is 0.0500. The molecule has 0 bridgehead atoms. The van der Waals surface area contributed by atoms with Crippen LogP contribution in [0.2, 0.25) is 0 Å². The number of nitrogens with zero attached hydrogens (tertiary/aromatic N) is 3. The van der Waals surface area contributed by atoms with Crippen LogP contribution < -0.4 is 5.32 Å². The van der Waals surface area contributed by atoms with Crippen molar-refractivity contribution in [1.82, 2.24) is 20.1 Å². The lowest BCUT2D eigenvalue weighted by Gasteiger charge is -2.08. The van der Waals surface area contributed by atoms with E-state index in [1.807, 2.05) is 66.0 Å². The Labute approximate surface area is 155 Å². The molecule has 5 nitrogen and oxygen atoms in total. The molecule has 3 aromatic heterocycles. The maximum atomic E-state index is 12.8. The summed E-state index contributed by atoms with van der Waals surface area (Å²) in [5.41, 5.74) is 3.09. The molecule has 0 saturated heterocycles. The molecule has 4 aromatic rings. The number of aromatic nitrogens is 3. The van der Waals surface area contributed by atoms with E-state index in [1.165, 1.54) is 0 Å². The molecule has 1 aromatic carbocycles. The zero-order chi connectivity index (χ0) is 17.8. The summed E-state index contributed by atoms with van der Waals surface area (Å²) in [7, 11) is 0. The van der Waals surface area contributed by atoms with Crippen LogP contribution in [0.4, 0.5) is 0 Å². The van der Waals surface area contributed by atoms with Crippen LogP contribution in [-0.2, 0) is 6.54 Å². The predicted molar refractivity (Wildman–Crippen MR) is 102 cm³/mol. The lowest BCUT2D eigenvalue weighted by Crippen LogP contribution is -2.25. The number of carbonyl (C=O) groups excluding carboxylic acids is 1. The Kier molecular flexibility index (Phi) is 4.57. The molecule has 0 saturated carbocycles. The molecule has 6 heteroatoms. The molecule has 0 radical (unpaired) electrons. The van der Waals surface area contributed by atoms with Crippen molar-refractivity contribution in [1.29, 1.82) is 0 Å². The zero-order valence-corrected chi connectivity index (χ0v) is 14.7. The number of para-hydroxylation sites is 1. The highest BCUT2D eigenvalue weighted by atomic mass is 32.1.